The lowest BCUT2D eigenvalue weighted by atomic mass is 9.89. The number of hydrogen-bond donors (Lipinski definition) is 2. The van der Waals surface area contributed by atoms with E-state index in [1.54, 1.807) is 17.0 Å². The van der Waals surface area contributed by atoms with Crippen LogP contribution in [0.4, 0.5) is 0 Å². The number of halogens is 1. The Kier molecular flexibility index (Phi) is 5.82. The fraction of sp³-hybridized carbons (Fsp3) is 0.429. The molecular formula is C21H25ClN2O4. The Morgan fingerprint density at radius 1 is 1.32 bits per heavy atom. The number of amides is 1. The molecule has 7 heteroatoms. The van der Waals surface area contributed by atoms with E-state index in [1.165, 1.54) is 0 Å². The van der Waals surface area contributed by atoms with Crippen LogP contribution in [0.1, 0.15) is 52.5 Å². The zero-order chi connectivity index (χ0) is 20.6. The van der Waals surface area contributed by atoms with E-state index in [2.05, 4.69) is 4.98 Å². The molecule has 1 aromatic heterocycles. The number of hydrogen-bond acceptors (Lipinski definition) is 4. The third-order valence-corrected chi connectivity index (χ3v) is 5.32. The average Bonchev–Trinajstić information content (AvgIpc) is 2.61. The first kappa shape index (κ1) is 20.4. The molecule has 0 saturated carbocycles. The van der Waals surface area contributed by atoms with Crippen molar-refractivity contribution in [1.82, 2.24) is 9.88 Å². The fourth-order valence-corrected chi connectivity index (χ4v) is 3.94. The Hall–Kier alpha value is -2.31. The van der Waals surface area contributed by atoms with Gasteiger partial charge in [0, 0.05) is 23.7 Å². The molecule has 2 N–H and O–H groups in total. The number of aliphatic hydroxyl groups excluding tert-OH is 1. The summed E-state index contributed by atoms with van der Waals surface area (Å²) in [6, 6.07) is 5.41. The molecule has 1 unspecified atom stereocenters. The smallest absolute Gasteiger partial charge is 0.256 e. The number of H-pyrrole nitrogens is 1. The van der Waals surface area contributed by atoms with Gasteiger partial charge in [-0.3, -0.25) is 9.59 Å². The monoisotopic (exact) mass is 404 g/mol. The number of aliphatic hydroxyl groups is 1. The molecule has 0 spiro atoms. The van der Waals surface area contributed by atoms with Crippen molar-refractivity contribution in [3.8, 4) is 5.75 Å². The molecule has 1 amide bonds. The number of benzene rings is 1. The Bertz CT molecular complexity index is 968. The van der Waals surface area contributed by atoms with Crippen LogP contribution >= 0.6 is 11.6 Å². The van der Waals surface area contributed by atoms with Crippen molar-refractivity contribution >= 4 is 17.5 Å². The summed E-state index contributed by atoms with van der Waals surface area (Å²) in [4.78, 5) is 30.0. The van der Waals surface area contributed by atoms with E-state index in [1.807, 2.05) is 33.8 Å². The molecular weight excluding hydrogens is 380 g/mol. The predicted molar refractivity (Wildman–Crippen MR) is 108 cm³/mol. The third-order valence-electron chi connectivity index (χ3n) is 4.95. The number of carbonyl (C=O) groups is 1. The van der Waals surface area contributed by atoms with E-state index < -0.39 is 0 Å². The SMILES string of the molecule is Cc1cc(C)c(CN2CC(CO)c3ccc(OC(C)C)c(Cl)c3C2=O)c(=O)[nH]1. The van der Waals surface area contributed by atoms with Gasteiger partial charge in [-0.25, -0.2) is 0 Å². The van der Waals surface area contributed by atoms with Crippen LogP contribution in [0, 0.1) is 13.8 Å². The quantitative estimate of drug-likeness (QED) is 0.801. The van der Waals surface area contributed by atoms with Crippen molar-refractivity contribution in [3.05, 3.63) is 61.5 Å². The van der Waals surface area contributed by atoms with Gasteiger partial charge in [0.25, 0.3) is 11.5 Å². The molecule has 1 aliphatic rings. The van der Waals surface area contributed by atoms with E-state index in [0.29, 0.717) is 29.0 Å². The van der Waals surface area contributed by atoms with Crippen molar-refractivity contribution in [1.29, 1.82) is 0 Å². The molecule has 0 radical (unpaired) electrons. The van der Waals surface area contributed by atoms with Crippen LogP contribution in [0.2, 0.25) is 5.02 Å². The molecule has 1 atom stereocenters. The van der Waals surface area contributed by atoms with E-state index in [-0.39, 0.29) is 41.7 Å². The number of carbonyl (C=O) groups excluding carboxylic acids is 1. The van der Waals surface area contributed by atoms with Gasteiger partial charge in [0.1, 0.15) is 5.75 Å². The van der Waals surface area contributed by atoms with E-state index in [9.17, 15) is 14.7 Å². The summed E-state index contributed by atoms with van der Waals surface area (Å²) in [6.07, 6.45) is -0.0900. The maximum absolute atomic E-state index is 13.2. The molecule has 1 aromatic carbocycles. The minimum atomic E-state index is -0.275. The number of pyridine rings is 1. The first-order valence-electron chi connectivity index (χ1n) is 9.31. The summed E-state index contributed by atoms with van der Waals surface area (Å²) in [5.41, 5.74) is 2.96. The number of nitrogens with one attached hydrogen (secondary N) is 1. The van der Waals surface area contributed by atoms with E-state index in [4.69, 9.17) is 16.3 Å². The lowest BCUT2D eigenvalue weighted by molar-refractivity contribution is 0.0684. The van der Waals surface area contributed by atoms with Gasteiger partial charge in [0.2, 0.25) is 0 Å². The van der Waals surface area contributed by atoms with Crippen molar-refractivity contribution < 1.29 is 14.6 Å². The average molecular weight is 405 g/mol. The number of aromatic amines is 1. The topological polar surface area (TPSA) is 82.6 Å². The van der Waals surface area contributed by atoms with Gasteiger partial charge in [0.15, 0.2) is 0 Å². The minimum Gasteiger partial charge on any atom is -0.489 e. The van der Waals surface area contributed by atoms with E-state index in [0.717, 1.165) is 11.3 Å². The van der Waals surface area contributed by atoms with Crippen LogP contribution in [0.3, 0.4) is 0 Å². The Balaban J connectivity index is 2.03. The summed E-state index contributed by atoms with van der Waals surface area (Å²) < 4.78 is 5.71. The normalized spacial score (nSPS) is 16.5. The number of aromatic nitrogens is 1. The van der Waals surface area contributed by atoms with Crippen molar-refractivity contribution in [2.24, 2.45) is 0 Å². The second-order valence-corrected chi connectivity index (χ2v) is 7.89. The fourth-order valence-electron chi connectivity index (χ4n) is 3.64. The number of rotatable bonds is 5. The number of aryl methyl sites for hydroxylation is 2. The standard InChI is InChI=1S/C21H25ClN2O4/c1-11(2)28-17-6-5-15-14(10-25)8-24(21(27)18(15)19(17)22)9-16-12(3)7-13(4)23-20(16)26/h5-7,11,14,25H,8-10H2,1-4H3,(H,23,26). The van der Waals surface area contributed by atoms with Crippen LogP contribution in [-0.4, -0.2) is 40.2 Å². The van der Waals surface area contributed by atoms with Crippen molar-refractivity contribution in [2.75, 3.05) is 13.2 Å². The summed E-state index contributed by atoms with van der Waals surface area (Å²) in [7, 11) is 0. The maximum atomic E-state index is 13.2. The van der Waals surface area contributed by atoms with Gasteiger partial charge in [0.05, 0.1) is 29.8 Å². The van der Waals surface area contributed by atoms with Crippen LogP contribution in [0.25, 0.3) is 0 Å². The van der Waals surface area contributed by atoms with Gasteiger partial charge < -0.3 is 19.7 Å². The van der Waals surface area contributed by atoms with Crippen molar-refractivity contribution in [3.63, 3.8) is 0 Å². The summed E-state index contributed by atoms with van der Waals surface area (Å²) in [5.74, 6) is -0.104. The zero-order valence-electron chi connectivity index (χ0n) is 16.5. The van der Waals surface area contributed by atoms with Gasteiger partial charge >= 0.3 is 0 Å². The van der Waals surface area contributed by atoms with Crippen LogP contribution in [-0.2, 0) is 6.54 Å². The molecule has 2 heterocycles. The van der Waals surface area contributed by atoms with Gasteiger partial charge in [-0.2, -0.15) is 0 Å². The number of nitrogens with zero attached hydrogens (tertiary/aromatic N) is 1. The highest BCUT2D eigenvalue weighted by molar-refractivity contribution is 6.35. The molecule has 3 rings (SSSR count). The molecule has 0 aliphatic carbocycles. The molecule has 0 saturated heterocycles. The summed E-state index contributed by atoms with van der Waals surface area (Å²) in [5, 5.41) is 10.1. The lowest BCUT2D eigenvalue weighted by Crippen LogP contribution is -2.42. The lowest BCUT2D eigenvalue weighted by Gasteiger charge is -2.34. The molecule has 1 aliphatic heterocycles. The first-order valence-corrected chi connectivity index (χ1v) is 9.69. The van der Waals surface area contributed by atoms with Gasteiger partial charge in [-0.05, 0) is 51.0 Å². The third kappa shape index (κ3) is 3.80. The molecule has 150 valence electrons. The molecule has 0 fully saturated rings. The zero-order valence-corrected chi connectivity index (χ0v) is 17.3. The first-order chi connectivity index (χ1) is 13.2. The highest BCUT2D eigenvalue weighted by Crippen LogP contribution is 2.38. The maximum Gasteiger partial charge on any atom is 0.256 e. The van der Waals surface area contributed by atoms with Crippen LogP contribution in [0.5, 0.6) is 5.75 Å². The van der Waals surface area contributed by atoms with Crippen molar-refractivity contribution in [2.45, 2.75) is 46.3 Å². The largest absolute Gasteiger partial charge is 0.489 e. The number of ether oxygens (including phenoxy) is 1. The van der Waals surface area contributed by atoms with Gasteiger partial charge in [-0.15, -0.1) is 0 Å². The Morgan fingerprint density at radius 2 is 2.04 bits per heavy atom. The number of fused-ring (bicyclic) bond motifs is 1. The highest BCUT2D eigenvalue weighted by Gasteiger charge is 2.34. The second-order valence-electron chi connectivity index (χ2n) is 7.52. The highest BCUT2D eigenvalue weighted by atomic mass is 35.5. The second kappa shape index (κ2) is 7.97. The molecule has 28 heavy (non-hydrogen) atoms. The Labute approximate surface area is 169 Å². The van der Waals surface area contributed by atoms with Crippen LogP contribution in [0.15, 0.2) is 23.0 Å². The van der Waals surface area contributed by atoms with Crippen LogP contribution < -0.4 is 10.3 Å². The van der Waals surface area contributed by atoms with E-state index >= 15 is 0 Å². The summed E-state index contributed by atoms with van der Waals surface area (Å²) >= 11 is 6.52. The molecule has 0 bridgehead atoms. The Morgan fingerprint density at radius 3 is 2.64 bits per heavy atom. The summed E-state index contributed by atoms with van der Waals surface area (Å²) in [6.45, 7) is 7.78. The van der Waals surface area contributed by atoms with Gasteiger partial charge in [-0.1, -0.05) is 17.7 Å². The molecule has 2 aromatic rings. The molecule has 6 nitrogen and oxygen atoms in total. The minimum absolute atomic E-state index is 0.0900. The predicted octanol–water partition coefficient (Wildman–Crippen LogP) is 3.16.